The van der Waals surface area contributed by atoms with Crippen LogP contribution in [0.15, 0.2) is 11.8 Å². The van der Waals surface area contributed by atoms with Crippen LogP contribution < -0.4 is 0 Å². The average molecular weight is 143 g/mol. The summed E-state index contributed by atoms with van der Waals surface area (Å²) in [5.41, 5.74) is 1.86. The summed E-state index contributed by atoms with van der Waals surface area (Å²) in [5.74, 6) is 0. The van der Waals surface area contributed by atoms with Crippen LogP contribution >= 0.6 is 0 Å². The van der Waals surface area contributed by atoms with Crippen LogP contribution in [0.2, 0.25) is 6.55 Å². The fraction of sp³-hybridized carbons (Fsp3) is 0.714. The molecule has 53 valence electrons. The van der Waals surface area contributed by atoms with E-state index in [0.29, 0.717) is 0 Å². The lowest BCUT2D eigenvalue weighted by Gasteiger charge is -1.88. The quantitative estimate of drug-likeness (QED) is 0.424. The molecule has 0 rings (SSSR count). The van der Waals surface area contributed by atoms with Crippen LogP contribution in [0, 0.1) is 0 Å². The third-order valence-corrected chi connectivity index (χ3v) is 1.95. The van der Waals surface area contributed by atoms with Gasteiger partial charge in [-0.05, 0) is 13.0 Å². The van der Waals surface area contributed by atoms with Crippen LogP contribution in [0.4, 0.5) is 0 Å². The predicted octanol–water partition coefficient (Wildman–Crippen LogP) is 2.06. The van der Waals surface area contributed by atoms with Gasteiger partial charge >= 0.3 is 0 Å². The minimum atomic E-state index is -1.64. The SMILES string of the molecule is CCCCC=C[SiH](C)[O]. The Morgan fingerprint density at radius 3 is 2.67 bits per heavy atom. The fourth-order valence-corrected chi connectivity index (χ4v) is 1.19. The van der Waals surface area contributed by atoms with Gasteiger partial charge in [0.05, 0.1) is 0 Å². The molecule has 0 aromatic carbocycles. The van der Waals surface area contributed by atoms with E-state index in [0.717, 1.165) is 6.42 Å². The molecule has 2 heteroatoms. The zero-order valence-electron chi connectivity index (χ0n) is 6.26. The maximum Gasteiger partial charge on any atom is 0.242 e. The van der Waals surface area contributed by atoms with Gasteiger partial charge in [-0.25, -0.2) is 0 Å². The summed E-state index contributed by atoms with van der Waals surface area (Å²) in [7, 11) is -1.64. The highest BCUT2D eigenvalue weighted by Crippen LogP contribution is 1.94. The van der Waals surface area contributed by atoms with Gasteiger partial charge in [0.1, 0.15) is 0 Å². The van der Waals surface area contributed by atoms with Gasteiger partial charge < -0.3 is 0 Å². The molecule has 0 bridgehead atoms. The van der Waals surface area contributed by atoms with Crippen molar-refractivity contribution in [1.82, 2.24) is 0 Å². The van der Waals surface area contributed by atoms with Crippen LogP contribution in [-0.2, 0) is 4.80 Å². The van der Waals surface area contributed by atoms with Crippen LogP contribution in [0.25, 0.3) is 0 Å². The molecule has 9 heavy (non-hydrogen) atoms. The van der Waals surface area contributed by atoms with Crippen LogP contribution in [0.3, 0.4) is 0 Å². The molecule has 0 heterocycles. The van der Waals surface area contributed by atoms with Crippen molar-refractivity contribution < 1.29 is 4.80 Å². The lowest BCUT2D eigenvalue weighted by molar-refractivity contribution is 0.464. The highest BCUT2D eigenvalue weighted by atomic mass is 28.3. The maximum atomic E-state index is 10.5. The first-order chi connectivity index (χ1) is 4.27. The number of hydrogen-bond donors (Lipinski definition) is 0. The minimum absolute atomic E-state index is 1.09. The fourth-order valence-electron chi connectivity index (χ4n) is 0.610. The lowest BCUT2D eigenvalue weighted by Crippen LogP contribution is -1.95. The molecule has 0 spiro atoms. The van der Waals surface area contributed by atoms with Gasteiger partial charge in [0.2, 0.25) is 9.04 Å². The molecular weight excluding hydrogens is 128 g/mol. The molecule has 1 unspecified atom stereocenters. The molecule has 0 saturated heterocycles. The van der Waals surface area contributed by atoms with Crippen molar-refractivity contribution in [2.45, 2.75) is 32.7 Å². The summed E-state index contributed by atoms with van der Waals surface area (Å²) >= 11 is 0. The average Bonchev–Trinajstić information content (AvgIpc) is 1.80. The second-order valence-electron chi connectivity index (χ2n) is 2.28. The topological polar surface area (TPSA) is 19.9 Å². The van der Waals surface area contributed by atoms with Gasteiger partial charge in [0, 0.05) is 0 Å². The van der Waals surface area contributed by atoms with Crippen molar-refractivity contribution >= 4 is 9.04 Å². The first-order valence-electron chi connectivity index (χ1n) is 3.60. The van der Waals surface area contributed by atoms with E-state index in [2.05, 4.69) is 6.92 Å². The standard InChI is InChI=1S/C7H15OSi/c1-3-4-5-6-7-9(2)8/h6-7,9H,3-5H2,1-2H3. The molecule has 0 aromatic heterocycles. The Hall–Kier alpha value is -0.0831. The molecule has 0 aliphatic carbocycles. The Labute approximate surface area is 59.1 Å². The third kappa shape index (κ3) is 7.92. The first kappa shape index (κ1) is 8.92. The van der Waals surface area contributed by atoms with E-state index < -0.39 is 9.04 Å². The van der Waals surface area contributed by atoms with Gasteiger partial charge in [-0.15, -0.1) is 0 Å². The largest absolute Gasteiger partial charge is 0.297 e. The summed E-state index contributed by atoms with van der Waals surface area (Å²) in [4.78, 5) is 10.5. The van der Waals surface area contributed by atoms with Crippen LogP contribution in [-0.4, -0.2) is 9.04 Å². The van der Waals surface area contributed by atoms with Crippen molar-refractivity contribution in [1.29, 1.82) is 0 Å². The number of unbranched alkanes of at least 4 members (excludes halogenated alkanes) is 2. The highest BCUT2D eigenvalue weighted by Gasteiger charge is 1.89. The molecule has 0 aliphatic rings. The van der Waals surface area contributed by atoms with Gasteiger partial charge in [-0.3, -0.25) is 4.80 Å². The Balaban J connectivity index is 3.04. The molecule has 0 fully saturated rings. The zero-order valence-corrected chi connectivity index (χ0v) is 7.42. The minimum Gasteiger partial charge on any atom is -0.297 e. The normalized spacial score (nSPS) is 14.6. The lowest BCUT2D eigenvalue weighted by atomic mass is 10.2. The molecule has 0 N–H and O–H groups in total. The highest BCUT2D eigenvalue weighted by molar-refractivity contribution is 6.54. The molecule has 1 atom stereocenters. The van der Waals surface area contributed by atoms with E-state index in [4.69, 9.17) is 0 Å². The van der Waals surface area contributed by atoms with E-state index >= 15 is 0 Å². The van der Waals surface area contributed by atoms with E-state index in [-0.39, 0.29) is 0 Å². The molecule has 1 nitrogen and oxygen atoms in total. The monoisotopic (exact) mass is 143 g/mol. The predicted molar refractivity (Wildman–Crippen MR) is 42.4 cm³/mol. The second kappa shape index (κ2) is 6.04. The zero-order chi connectivity index (χ0) is 7.11. The van der Waals surface area contributed by atoms with Crippen molar-refractivity contribution in [3.63, 3.8) is 0 Å². The molecule has 0 saturated carbocycles. The van der Waals surface area contributed by atoms with Gasteiger partial charge in [0.15, 0.2) is 0 Å². The summed E-state index contributed by atoms with van der Waals surface area (Å²) in [6.45, 7) is 3.95. The third-order valence-electron chi connectivity index (χ3n) is 1.13. The Kier molecular flexibility index (Phi) is 5.99. The molecule has 1 radical (unpaired) electrons. The summed E-state index contributed by atoms with van der Waals surface area (Å²) in [6, 6.07) is 0. The van der Waals surface area contributed by atoms with Crippen molar-refractivity contribution in [2.24, 2.45) is 0 Å². The summed E-state index contributed by atoms with van der Waals surface area (Å²) in [5, 5.41) is 0. The van der Waals surface area contributed by atoms with E-state index in [1.807, 2.05) is 11.8 Å². The van der Waals surface area contributed by atoms with Crippen molar-refractivity contribution in [2.75, 3.05) is 0 Å². The Morgan fingerprint density at radius 2 is 2.22 bits per heavy atom. The Bertz CT molecular complexity index is 79.0. The van der Waals surface area contributed by atoms with Crippen LogP contribution in [0.5, 0.6) is 0 Å². The number of allylic oxidation sites excluding steroid dienone is 1. The number of rotatable bonds is 4. The van der Waals surface area contributed by atoms with Gasteiger partial charge in [-0.2, -0.15) is 0 Å². The summed E-state index contributed by atoms with van der Waals surface area (Å²) < 4.78 is 0. The van der Waals surface area contributed by atoms with Crippen molar-refractivity contribution in [3.05, 3.63) is 11.8 Å². The van der Waals surface area contributed by atoms with Crippen LogP contribution in [0.1, 0.15) is 26.2 Å². The van der Waals surface area contributed by atoms with Gasteiger partial charge in [0.25, 0.3) is 0 Å². The first-order valence-corrected chi connectivity index (χ1v) is 5.89. The van der Waals surface area contributed by atoms with E-state index in [1.165, 1.54) is 12.8 Å². The molecule has 0 amide bonds. The molecular formula is C7H15OSi. The number of hydrogen-bond acceptors (Lipinski definition) is 0. The second-order valence-corrected chi connectivity index (χ2v) is 4.07. The smallest absolute Gasteiger partial charge is 0.242 e. The Morgan fingerprint density at radius 1 is 1.56 bits per heavy atom. The molecule has 0 aromatic rings. The van der Waals surface area contributed by atoms with Gasteiger partial charge in [-0.1, -0.05) is 31.5 Å². The van der Waals surface area contributed by atoms with E-state index in [1.54, 1.807) is 6.55 Å². The summed E-state index contributed by atoms with van der Waals surface area (Å²) in [6.07, 6.45) is 5.57. The maximum absolute atomic E-state index is 10.5. The van der Waals surface area contributed by atoms with E-state index in [9.17, 15) is 4.80 Å². The molecule has 0 aliphatic heterocycles. The van der Waals surface area contributed by atoms with Crippen molar-refractivity contribution in [3.8, 4) is 0 Å².